The molecule has 2 amide bonds. The van der Waals surface area contributed by atoms with Gasteiger partial charge in [-0.3, -0.25) is 9.59 Å². The lowest BCUT2D eigenvalue weighted by molar-refractivity contribution is -0.141. The number of nitrogens with zero attached hydrogens (tertiary/aromatic N) is 2. The number of aryl methyl sites for hydroxylation is 1. The minimum absolute atomic E-state index is 0.0340. The summed E-state index contributed by atoms with van der Waals surface area (Å²) in [5, 5.41) is 0. The van der Waals surface area contributed by atoms with E-state index in [9.17, 15) is 9.59 Å². The Bertz CT molecular complexity index is 892. The lowest BCUT2D eigenvalue weighted by Crippen LogP contribution is -2.44. The van der Waals surface area contributed by atoms with E-state index in [1.54, 1.807) is 14.2 Å². The predicted molar refractivity (Wildman–Crippen MR) is 125 cm³/mol. The highest BCUT2D eigenvalue weighted by molar-refractivity contribution is 5.80. The van der Waals surface area contributed by atoms with E-state index in [0.717, 1.165) is 24.8 Å². The smallest absolute Gasteiger partial charge is 0.226 e. The Balaban J connectivity index is 1.51. The summed E-state index contributed by atoms with van der Waals surface area (Å²) < 4.78 is 10.7. The van der Waals surface area contributed by atoms with Crippen molar-refractivity contribution in [2.75, 3.05) is 33.9 Å². The molecule has 6 nitrogen and oxygen atoms in total. The number of carbonyl (C=O) groups excluding carboxylic acids is 2. The molecular weight excluding hydrogens is 404 g/mol. The predicted octanol–water partition coefficient (Wildman–Crippen LogP) is 3.92. The fourth-order valence-electron chi connectivity index (χ4n) is 4.23. The van der Waals surface area contributed by atoms with Gasteiger partial charge in [-0.05, 0) is 49.4 Å². The number of hydrogen-bond donors (Lipinski definition) is 0. The van der Waals surface area contributed by atoms with Gasteiger partial charge in [-0.1, -0.05) is 36.4 Å². The molecule has 6 heteroatoms. The number of amides is 2. The van der Waals surface area contributed by atoms with E-state index in [0.29, 0.717) is 44.1 Å². The van der Waals surface area contributed by atoms with Crippen LogP contribution in [0.3, 0.4) is 0 Å². The Labute approximate surface area is 191 Å². The quantitative estimate of drug-likeness (QED) is 0.595. The van der Waals surface area contributed by atoms with Gasteiger partial charge in [0, 0.05) is 38.5 Å². The average molecular weight is 439 g/mol. The van der Waals surface area contributed by atoms with Crippen molar-refractivity contribution in [2.45, 2.75) is 39.2 Å². The van der Waals surface area contributed by atoms with Crippen LogP contribution in [0.5, 0.6) is 11.5 Å². The average Bonchev–Trinajstić information content (AvgIpc) is 2.86. The molecule has 0 N–H and O–H groups in total. The molecule has 2 aromatic carbocycles. The van der Waals surface area contributed by atoms with Crippen LogP contribution in [0.2, 0.25) is 0 Å². The Morgan fingerprint density at radius 1 is 0.969 bits per heavy atom. The molecule has 0 aliphatic carbocycles. The van der Waals surface area contributed by atoms with Crippen LogP contribution in [0.15, 0.2) is 48.5 Å². The maximum atomic E-state index is 13.2. The molecule has 0 aromatic heterocycles. The fourth-order valence-corrected chi connectivity index (χ4v) is 4.23. The second kappa shape index (κ2) is 11.6. The highest BCUT2D eigenvalue weighted by Crippen LogP contribution is 2.29. The molecule has 0 unspecified atom stereocenters. The fraction of sp³-hybridized carbons (Fsp3) is 0.462. The van der Waals surface area contributed by atoms with Crippen molar-refractivity contribution >= 4 is 11.8 Å². The molecule has 0 atom stereocenters. The first kappa shape index (κ1) is 23.6. The molecule has 1 aliphatic heterocycles. The molecule has 3 rings (SSSR count). The second-order valence-electron chi connectivity index (χ2n) is 8.18. The molecule has 1 fully saturated rings. The number of piperidine rings is 1. The van der Waals surface area contributed by atoms with Crippen LogP contribution in [0.4, 0.5) is 0 Å². The van der Waals surface area contributed by atoms with E-state index in [1.165, 1.54) is 5.56 Å². The number of ether oxygens (including phenoxy) is 2. The number of methoxy groups -OCH3 is 2. The number of rotatable bonds is 9. The van der Waals surface area contributed by atoms with Gasteiger partial charge in [-0.25, -0.2) is 0 Å². The summed E-state index contributed by atoms with van der Waals surface area (Å²) >= 11 is 0. The molecule has 1 heterocycles. The van der Waals surface area contributed by atoms with Gasteiger partial charge in [0.15, 0.2) is 11.5 Å². The Kier molecular flexibility index (Phi) is 8.54. The summed E-state index contributed by atoms with van der Waals surface area (Å²) in [6, 6.07) is 15.8. The van der Waals surface area contributed by atoms with Crippen molar-refractivity contribution in [3.8, 4) is 11.5 Å². The maximum absolute atomic E-state index is 13.2. The van der Waals surface area contributed by atoms with Crippen LogP contribution < -0.4 is 9.47 Å². The largest absolute Gasteiger partial charge is 0.493 e. The maximum Gasteiger partial charge on any atom is 0.226 e. The molecular formula is C26H34N2O4. The minimum atomic E-state index is -0.0340. The van der Waals surface area contributed by atoms with Gasteiger partial charge in [0.05, 0.1) is 14.2 Å². The highest BCUT2D eigenvalue weighted by atomic mass is 16.5. The normalized spacial score (nSPS) is 14.2. The van der Waals surface area contributed by atoms with Crippen molar-refractivity contribution < 1.29 is 19.1 Å². The van der Waals surface area contributed by atoms with Crippen LogP contribution in [-0.2, 0) is 22.6 Å². The van der Waals surface area contributed by atoms with E-state index in [1.807, 2.05) is 53.1 Å². The Morgan fingerprint density at radius 3 is 2.28 bits per heavy atom. The first-order chi connectivity index (χ1) is 15.5. The summed E-state index contributed by atoms with van der Waals surface area (Å²) in [5.41, 5.74) is 2.19. The number of likely N-dealkylation sites (tertiary alicyclic amines) is 1. The van der Waals surface area contributed by atoms with Gasteiger partial charge >= 0.3 is 0 Å². The van der Waals surface area contributed by atoms with Gasteiger partial charge in [0.1, 0.15) is 0 Å². The van der Waals surface area contributed by atoms with Gasteiger partial charge in [-0.15, -0.1) is 0 Å². The zero-order valence-electron chi connectivity index (χ0n) is 19.4. The second-order valence-corrected chi connectivity index (χ2v) is 8.18. The van der Waals surface area contributed by atoms with E-state index in [4.69, 9.17) is 9.47 Å². The van der Waals surface area contributed by atoms with Crippen LogP contribution in [0.1, 0.15) is 37.3 Å². The summed E-state index contributed by atoms with van der Waals surface area (Å²) in [5.74, 6) is 1.65. The van der Waals surface area contributed by atoms with Crippen molar-refractivity contribution in [3.63, 3.8) is 0 Å². The van der Waals surface area contributed by atoms with Gasteiger partial charge in [0.2, 0.25) is 11.8 Å². The highest BCUT2D eigenvalue weighted by Gasteiger charge is 2.29. The van der Waals surface area contributed by atoms with Crippen LogP contribution in [0.25, 0.3) is 0 Å². The molecule has 32 heavy (non-hydrogen) atoms. The lowest BCUT2D eigenvalue weighted by atomic mass is 9.94. The summed E-state index contributed by atoms with van der Waals surface area (Å²) in [4.78, 5) is 29.6. The molecule has 1 saturated heterocycles. The van der Waals surface area contributed by atoms with Crippen molar-refractivity contribution in [3.05, 3.63) is 59.7 Å². The SMILES string of the molecule is CCN(Cc1ccc(OC)c(OC)c1)C(=O)C1CCN(C(=O)CCc2ccccc2)CC1. The van der Waals surface area contributed by atoms with Crippen molar-refractivity contribution in [2.24, 2.45) is 5.92 Å². The minimum Gasteiger partial charge on any atom is -0.493 e. The molecule has 0 bridgehead atoms. The summed E-state index contributed by atoms with van der Waals surface area (Å²) in [6.45, 7) is 4.48. The third-order valence-electron chi connectivity index (χ3n) is 6.18. The Morgan fingerprint density at radius 2 is 1.66 bits per heavy atom. The first-order valence-electron chi connectivity index (χ1n) is 11.4. The lowest BCUT2D eigenvalue weighted by Gasteiger charge is -2.34. The third kappa shape index (κ3) is 6.02. The molecule has 0 spiro atoms. The molecule has 172 valence electrons. The number of carbonyl (C=O) groups is 2. The van der Waals surface area contributed by atoms with E-state index >= 15 is 0 Å². The van der Waals surface area contributed by atoms with Crippen molar-refractivity contribution in [1.82, 2.24) is 9.80 Å². The Hall–Kier alpha value is -3.02. The zero-order chi connectivity index (χ0) is 22.9. The summed E-state index contributed by atoms with van der Waals surface area (Å²) in [6.07, 6.45) is 2.72. The number of hydrogen-bond acceptors (Lipinski definition) is 4. The van der Waals surface area contributed by atoms with Crippen LogP contribution in [-0.4, -0.2) is 55.5 Å². The van der Waals surface area contributed by atoms with E-state index in [2.05, 4.69) is 12.1 Å². The van der Waals surface area contributed by atoms with Gasteiger partial charge in [0.25, 0.3) is 0 Å². The van der Waals surface area contributed by atoms with Crippen LogP contribution in [0, 0.1) is 5.92 Å². The van der Waals surface area contributed by atoms with E-state index in [-0.39, 0.29) is 17.7 Å². The van der Waals surface area contributed by atoms with Gasteiger partial charge in [-0.2, -0.15) is 0 Å². The topological polar surface area (TPSA) is 59.1 Å². The number of benzene rings is 2. The summed E-state index contributed by atoms with van der Waals surface area (Å²) in [7, 11) is 3.22. The first-order valence-corrected chi connectivity index (χ1v) is 11.4. The third-order valence-corrected chi connectivity index (χ3v) is 6.18. The van der Waals surface area contributed by atoms with E-state index < -0.39 is 0 Å². The molecule has 0 saturated carbocycles. The standard InChI is InChI=1S/C26H34N2O4/c1-4-27(19-21-10-12-23(31-2)24(18-21)32-3)26(30)22-14-16-28(17-15-22)25(29)13-11-20-8-6-5-7-9-20/h5-10,12,18,22H,4,11,13-17,19H2,1-3H3. The van der Waals surface area contributed by atoms with Crippen molar-refractivity contribution in [1.29, 1.82) is 0 Å². The molecule has 2 aromatic rings. The monoisotopic (exact) mass is 438 g/mol. The molecule has 0 radical (unpaired) electrons. The van der Waals surface area contributed by atoms with Crippen LogP contribution >= 0.6 is 0 Å². The molecule has 1 aliphatic rings. The van der Waals surface area contributed by atoms with Gasteiger partial charge < -0.3 is 19.3 Å². The zero-order valence-corrected chi connectivity index (χ0v) is 19.4.